The van der Waals surface area contributed by atoms with E-state index in [4.69, 9.17) is 16.3 Å². The molecule has 0 aliphatic rings. The summed E-state index contributed by atoms with van der Waals surface area (Å²) in [6.07, 6.45) is -0.0104. The average molecular weight is 352 g/mol. The van der Waals surface area contributed by atoms with E-state index >= 15 is 0 Å². The van der Waals surface area contributed by atoms with Crippen molar-refractivity contribution in [2.24, 2.45) is 0 Å². The lowest BCUT2D eigenvalue weighted by atomic mass is 10.1. The molecule has 0 spiro atoms. The predicted molar refractivity (Wildman–Crippen MR) is 87.3 cm³/mol. The molecule has 0 radical (unpaired) electrons. The van der Waals surface area contributed by atoms with E-state index < -0.39 is 18.3 Å². The second-order valence-corrected chi connectivity index (χ2v) is 5.41. The molecule has 3 N–H and O–H groups in total. The number of nitrogens with zero attached hydrogens (tertiary/aromatic N) is 2. The monoisotopic (exact) mass is 351 g/mol. The number of halogens is 1. The summed E-state index contributed by atoms with van der Waals surface area (Å²) in [5, 5.41) is 22.5. The first-order valence-electron chi connectivity index (χ1n) is 7.34. The molecule has 0 saturated heterocycles. The third kappa shape index (κ3) is 5.77. The number of carbonyl (C=O) groups excluding carboxylic acids is 1. The molecule has 8 heteroatoms. The minimum atomic E-state index is -1.16. The zero-order chi connectivity index (χ0) is 17.4. The van der Waals surface area contributed by atoms with Crippen molar-refractivity contribution in [1.82, 2.24) is 15.3 Å². The Bertz CT molecular complexity index is 640. The van der Waals surface area contributed by atoms with Crippen LogP contribution in [0.1, 0.15) is 23.7 Å². The number of aromatic nitrogens is 2. The molecule has 2 unspecified atom stereocenters. The molecule has 1 heterocycles. The molecule has 1 aromatic carbocycles. The van der Waals surface area contributed by atoms with E-state index in [9.17, 15) is 15.0 Å². The van der Waals surface area contributed by atoms with Gasteiger partial charge < -0.3 is 20.3 Å². The molecular formula is C16H18ClN3O4. The number of aliphatic hydroxyl groups is 2. The summed E-state index contributed by atoms with van der Waals surface area (Å²) in [5.74, 6) is 0. The number of carbonyl (C=O) groups is 1. The Morgan fingerprint density at radius 3 is 2.54 bits per heavy atom. The maximum absolute atomic E-state index is 11.6. The molecule has 1 aromatic heterocycles. The second kappa shape index (κ2) is 9.17. The van der Waals surface area contributed by atoms with Gasteiger partial charge >= 0.3 is 6.09 Å². The van der Waals surface area contributed by atoms with E-state index in [-0.39, 0.29) is 24.9 Å². The summed E-state index contributed by atoms with van der Waals surface area (Å²) < 4.78 is 5.04. The van der Waals surface area contributed by atoms with Crippen LogP contribution in [-0.4, -0.2) is 38.9 Å². The molecule has 1 amide bonds. The molecule has 0 aliphatic heterocycles. The second-order valence-electron chi connectivity index (χ2n) is 5.07. The highest BCUT2D eigenvalue weighted by Gasteiger charge is 2.19. The Labute approximate surface area is 144 Å². The first-order chi connectivity index (χ1) is 11.6. The fourth-order valence-electron chi connectivity index (χ4n) is 1.95. The van der Waals surface area contributed by atoms with E-state index in [2.05, 4.69) is 15.3 Å². The molecule has 2 aromatic rings. The van der Waals surface area contributed by atoms with Gasteiger partial charge in [0.25, 0.3) is 0 Å². The van der Waals surface area contributed by atoms with Crippen molar-refractivity contribution in [2.45, 2.75) is 25.2 Å². The molecule has 128 valence electrons. The average Bonchev–Trinajstić information content (AvgIpc) is 2.61. The van der Waals surface area contributed by atoms with Crippen molar-refractivity contribution < 1.29 is 19.7 Å². The smallest absolute Gasteiger partial charge is 0.407 e. The predicted octanol–water partition coefficient (Wildman–Crippen LogP) is 1.84. The van der Waals surface area contributed by atoms with E-state index in [1.807, 2.05) is 30.3 Å². The van der Waals surface area contributed by atoms with E-state index in [0.717, 1.165) is 5.56 Å². The number of hydrogen-bond acceptors (Lipinski definition) is 6. The van der Waals surface area contributed by atoms with Gasteiger partial charge in [0.15, 0.2) is 0 Å². The quantitative estimate of drug-likeness (QED) is 0.657. The van der Waals surface area contributed by atoms with Gasteiger partial charge in [-0.15, -0.1) is 0 Å². The van der Waals surface area contributed by atoms with Gasteiger partial charge in [0.05, 0.1) is 6.10 Å². The summed E-state index contributed by atoms with van der Waals surface area (Å²) in [7, 11) is 0. The van der Waals surface area contributed by atoms with Gasteiger partial charge in [-0.1, -0.05) is 30.3 Å². The van der Waals surface area contributed by atoms with Crippen LogP contribution in [0.5, 0.6) is 0 Å². The van der Waals surface area contributed by atoms with Crippen LogP contribution < -0.4 is 5.32 Å². The van der Waals surface area contributed by atoms with Crippen molar-refractivity contribution in [2.75, 3.05) is 6.54 Å². The third-order valence-electron chi connectivity index (χ3n) is 3.27. The Hall–Kier alpha value is -2.22. The molecule has 2 atom stereocenters. The third-order valence-corrected chi connectivity index (χ3v) is 3.46. The van der Waals surface area contributed by atoms with Gasteiger partial charge in [-0.25, -0.2) is 14.8 Å². The largest absolute Gasteiger partial charge is 0.445 e. The Kier molecular flexibility index (Phi) is 6.92. The molecule has 0 aliphatic carbocycles. The highest BCUT2D eigenvalue weighted by Crippen LogP contribution is 2.17. The standard InChI is InChI=1S/C16H18ClN3O4/c17-15-19-8-12(9-20-15)14(22)13(21)6-7-18-16(23)24-10-11-4-2-1-3-5-11/h1-5,8-9,13-14,21-22H,6-7,10H2,(H,18,23). The fourth-order valence-corrected chi connectivity index (χ4v) is 2.05. The van der Waals surface area contributed by atoms with Crippen LogP contribution in [0.4, 0.5) is 4.79 Å². The lowest BCUT2D eigenvalue weighted by molar-refractivity contribution is 0.0132. The molecule has 24 heavy (non-hydrogen) atoms. The van der Waals surface area contributed by atoms with Crippen LogP contribution in [0.15, 0.2) is 42.7 Å². The fraction of sp³-hybridized carbons (Fsp3) is 0.312. The van der Waals surface area contributed by atoms with Crippen LogP contribution in [0.25, 0.3) is 0 Å². The van der Waals surface area contributed by atoms with Crippen molar-refractivity contribution in [3.8, 4) is 0 Å². The topological polar surface area (TPSA) is 105 Å². The van der Waals surface area contributed by atoms with Crippen LogP contribution in [-0.2, 0) is 11.3 Å². The van der Waals surface area contributed by atoms with Crippen LogP contribution in [0.2, 0.25) is 5.28 Å². The zero-order valence-electron chi connectivity index (χ0n) is 12.8. The number of ether oxygens (including phenoxy) is 1. The summed E-state index contributed by atoms with van der Waals surface area (Å²) in [6.45, 7) is 0.320. The Balaban J connectivity index is 1.68. The molecule has 7 nitrogen and oxygen atoms in total. The highest BCUT2D eigenvalue weighted by molar-refractivity contribution is 6.28. The lowest BCUT2D eigenvalue weighted by Gasteiger charge is -2.17. The summed E-state index contributed by atoms with van der Waals surface area (Å²) in [4.78, 5) is 19.0. The number of amides is 1. The number of nitrogens with one attached hydrogen (secondary N) is 1. The number of hydrogen-bond donors (Lipinski definition) is 3. The highest BCUT2D eigenvalue weighted by atomic mass is 35.5. The zero-order valence-corrected chi connectivity index (χ0v) is 13.6. The van der Waals surface area contributed by atoms with Gasteiger partial charge in [0.1, 0.15) is 12.7 Å². The van der Waals surface area contributed by atoms with Gasteiger partial charge in [-0.2, -0.15) is 0 Å². The molecule has 0 bridgehead atoms. The SMILES string of the molecule is O=C(NCCC(O)C(O)c1cnc(Cl)nc1)OCc1ccccc1. The minimum Gasteiger partial charge on any atom is -0.445 e. The maximum Gasteiger partial charge on any atom is 0.407 e. The molecular weight excluding hydrogens is 334 g/mol. The number of rotatable bonds is 7. The first kappa shape index (κ1) is 18.1. The Morgan fingerprint density at radius 1 is 1.21 bits per heavy atom. The summed E-state index contributed by atoms with van der Waals surface area (Å²) in [6, 6.07) is 9.29. The lowest BCUT2D eigenvalue weighted by Crippen LogP contribution is -2.29. The van der Waals surface area contributed by atoms with Crippen molar-refractivity contribution in [3.05, 3.63) is 59.1 Å². The summed E-state index contributed by atoms with van der Waals surface area (Å²) in [5.41, 5.74) is 1.23. The normalized spacial score (nSPS) is 13.1. The van der Waals surface area contributed by atoms with Gasteiger partial charge in [-0.05, 0) is 23.6 Å². The first-order valence-corrected chi connectivity index (χ1v) is 7.72. The van der Waals surface area contributed by atoms with Crippen LogP contribution in [0.3, 0.4) is 0 Å². The summed E-state index contributed by atoms with van der Waals surface area (Å²) >= 11 is 5.56. The van der Waals surface area contributed by atoms with Crippen molar-refractivity contribution in [3.63, 3.8) is 0 Å². The van der Waals surface area contributed by atoms with E-state index in [1.54, 1.807) is 0 Å². The Morgan fingerprint density at radius 2 is 1.88 bits per heavy atom. The van der Waals surface area contributed by atoms with E-state index in [0.29, 0.717) is 5.56 Å². The molecule has 2 rings (SSSR count). The van der Waals surface area contributed by atoms with Gasteiger partial charge in [-0.3, -0.25) is 0 Å². The van der Waals surface area contributed by atoms with Gasteiger partial charge in [0, 0.05) is 24.5 Å². The van der Waals surface area contributed by atoms with Crippen molar-refractivity contribution in [1.29, 1.82) is 0 Å². The number of aliphatic hydroxyl groups excluding tert-OH is 2. The number of alkyl carbamates (subject to hydrolysis) is 1. The maximum atomic E-state index is 11.6. The molecule has 0 saturated carbocycles. The van der Waals surface area contributed by atoms with Crippen LogP contribution in [0, 0.1) is 0 Å². The molecule has 0 fully saturated rings. The van der Waals surface area contributed by atoms with Crippen LogP contribution >= 0.6 is 11.6 Å². The minimum absolute atomic E-state index is 0.0586. The van der Waals surface area contributed by atoms with Crippen molar-refractivity contribution >= 4 is 17.7 Å². The van der Waals surface area contributed by atoms with Gasteiger partial charge in [0.2, 0.25) is 5.28 Å². The number of benzene rings is 1. The van der Waals surface area contributed by atoms with E-state index in [1.165, 1.54) is 12.4 Å².